The molecule has 1 aliphatic heterocycles. The summed E-state index contributed by atoms with van der Waals surface area (Å²) in [5.41, 5.74) is 0.955. The second kappa shape index (κ2) is 6.23. The first-order valence-corrected chi connectivity index (χ1v) is 6.82. The highest BCUT2D eigenvalue weighted by Crippen LogP contribution is 2.24. The van der Waals surface area contributed by atoms with Crippen LogP contribution in [0.4, 0.5) is 0 Å². The lowest BCUT2D eigenvalue weighted by atomic mass is 10.1. The van der Waals surface area contributed by atoms with E-state index >= 15 is 0 Å². The number of hydrogen-bond donors (Lipinski definition) is 1. The zero-order valence-corrected chi connectivity index (χ0v) is 11.8. The smallest absolute Gasteiger partial charge is 0.261 e. The first kappa shape index (κ1) is 14.8. The average Bonchev–Trinajstić information content (AvgIpc) is 2.74. The molecule has 0 radical (unpaired) electrons. The Kier molecular flexibility index (Phi) is 4.39. The predicted octanol–water partition coefficient (Wildman–Crippen LogP) is 1.45. The summed E-state index contributed by atoms with van der Waals surface area (Å²) < 4.78 is 0. The molecular weight excluding hydrogens is 268 g/mol. The zero-order chi connectivity index (χ0) is 15.4. The molecule has 0 saturated heterocycles. The molecule has 0 unspecified atom stereocenters. The van der Waals surface area contributed by atoms with E-state index < -0.39 is 0 Å². The van der Waals surface area contributed by atoms with Crippen LogP contribution in [0.15, 0.2) is 18.2 Å². The minimum atomic E-state index is -0.358. The van der Waals surface area contributed by atoms with Gasteiger partial charge in [0, 0.05) is 12.1 Å². The number of rotatable bonds is 5. The quantitative estimate of drug-likeness (QED) is 0.657. The van der Waals surface area contributed by atoms with Crippen molar-refractivity contribution in [2.75, 3.05) is 13.1 Å². The third kappa shape index (κ3) is 2.79. The van der Waals surface area contributed by atoms with Gasteiger partial charge in [0.05, 0.1) is 17.7 Å². The van der Waals surface area contributed by atoms with Crippen molar-refractivity contribution < 1.29 is 14.4 Å². The maximum absolute atomic E-state index is 12.2. The van der Waals surface area contributed by atoms with Crippen LogP contribution in [0.25, 0.3) is 0 Å². The Labute approximate surface area is 123 Å². The second-order valence-corrected chi connectivity index (χ2v) is 4.76. The number of unbranched alkanes of at least 4 members (excludes halogenated alkanes) is 1. The van der Waals surface area contributed by atoms with Gasteiger partial charge in [-0.05, 0) is 24.6 Å². The van der Waals surface area contributed by atoms with Crippen molar-refractivity contribution in [1.82, 2.24) is 10.2 Å². The van der Waals surface area contributed by atoms with Gasteiger partial charge in [0.25, 0.3) is 17.7 Å². The van der Waals surface area contributed by atoms with Crippen molar-refractivity contribution in [2.45, 2.75) is 19.8 Å². The molecule has 0 aromatic heterocycles. The molecule has 0 fully saturated rings. The Hall–Kier alpha value is -2.61. The second-order valence-electron chi connectivity index (χ2n) is 4.76. The molecule has 5 heteroatoms. The molecule has 3 amide bonds. The van der Waals surface area contributed by atoms with Crippen LogP contribution in [0.1, 0.15) is 50.8 Å². The summed E-state index contributed by atoms with van der Waals surface area (Å²) in [5, 5.41) is 2.53. The Morgan fingerprint density at radius 2 is 2.00 bits per heavy atom. The molecular formula is C16H16N2O3. The predicted molar refractivity (Wildman–Crippen MR) is 77.9 cm³/mol. The lowest BCUT2D eigenvalue weighted by Crippen LogP contribution is -2.30. The van der Waals surface area contributed by atoms with Crippen molar-refractivity contribution >= 4 is 17.7 Å². The van der Waals surface area contributed by atoms with E-state index in [0.717, 1.165) is 12.8 Å². The van der Waals surface area contributed by atoms with E-state index in [9.17, 15) is 14.4 Å². The van der Waals surface area contributed by atoms with Crippen LogP contribution in [-0.4, -0.2) is 35.7 Å². The van der Waals surface area contributed by atoms with Gasteiger partial charge in [-0.1, -0.05) is 19.3 Å². The number of nitrogens with one attached hydrogen (secondary N) is 1. The fourth-order valence-electron chi connectivity index (χ4n) is 2.18. The van der Waals surface area contributed by atoms with E-state index in [4.69, 9.17) is 6.42 Å². The Bertz CT molecular complexity index is 643. The maximum atomic E-state index is 12.2. The van der Waals surface area contributed by atoms with Gasteiger partial charge in [-0.3, -0.25) is 19.3 Å². The summed E-state index contributed by atoms with van der Waals surface area (Å²) >= 11 is 0. The topological polar surface area (TPSA) is 66.5 Å². The largest absolute Gasteiger partial charge is 0.341 e. The van der Waals surface area contributed by atoms with Gasteiger partial charge in [0.15, 0.2) is 0 Å². The zero-order valence-electron chi connectivity index (χ0n) is 11.8. The number of carbonyl (C=O) groups is 3. The summed E-state index contributed by atoms with van der Waals surface area (Å²) in [6.45, 7) is 2.51. The van der Waals surface area contributed by atoms with Crippen LogP contribution in [0.5, 0.6) is 0 Å². The number of amides is 3. The monoisotopic (exact) mass is 284 g/mol. The number of carbonyl (C=O) groups excluding carboxylic acids is 3. The highest BCUT2D eigenvalue weighted by molar-refractivity contribution is 6.22. The van der Waals surface area contributed by atoms with Crippen LogP contribution in [0, 0.1) is 12.3 Å². The third-order valence-corrected chi connectivity index (χ3v) is 3.32. The first-order valence-electron chi connectivity index (χ1n) is 6.82. The Balaban J connectivity index is 2.25. The van der Waals surface area contributed by atoms with E-state index in [1.54, 1.807) is 0 Å². The van der Waals surface area contributed by atoms with Crippen molar-refractivity contribution in [3.8, 4) is 12.3 Å². The van der Waals surface area contributed by atoms with E-state index in [2.05, 4.69) is 11.2 Å². The van der Waals surface area contributed by atoms with E-state index in [1.807, 2.05) is 6.92 Å². The van der Waals surface area contributed by atoms with Gasteiger partial charge in [-0.25, -0.2) is 0 Å². The molecule has 1 aromatic carbocycles. The molecule has 1 heterocycles. The first-order chi connectivity index (χ1) is 10.1. The molecule has 1 aliphatic rings. The van der Waals surface area contributed by atoms with E-state index in [0.29, 0.717) is 17.7 Å². The van der Waals surface area contributed by atoms with Crippen LogP contribution in [0.2, 0.25) is 0 Å². The number of fused-ring (bicyclic) bond motifs is 1. The fourth-order valence-corrected chi connectivity index (χ4v) is 2.18. The molecule has 5 nitrogen and oxygen atoms in total. The lowest BCUT2D eigenvalue weighted by Gasteiger charge is -2.12. The van der Waals surface area contributed by atoms with Gasteiger partial charge >= 0.3 is 0 Å². The standard InChI is InChI=1S/C16H16N2O3/c1-3-5-9-18-15(20)12-7-6-11(10-13(12)16(18)21)14(19)17-8-4-2/h2,6-7,10H,3,5,8-9H2,1H3,(H,17,19). The van der Waals surface area contributed by atoms with E-state index in [1.165, 1.54) is 23.1 Å². The van der Waals surface area contributed by atoms with E-state index in [-0.39, 0.29) is 29.8 Å². The third-order valence-electron chi connectivity index (χ3n) is 3.32. The van der Waals surface area contributed by atoms with Gasteiger partial charge in [0.2, 0.25) is 0 Å². The van der Waals surface area contributed by atoms with Crippen molar-refractivity contribution in [1.29, 1.82) is 0 Å². The number of benzene rings is 1. The maximum Gasteiger partial charge on any atom is 0.261 e. The minimum absolute atomic E-state index is 0.116. The number of hydrogen-bond acceptors (Lipinski definition) is 3. The van der Waals surface area contributed by atoms with Crippen LogP contribution in [0.3, 0.4) is 0 Å². The fraction of sp³-hybridized carbons (Fsp3) is 0.312. The Morgan fingerprint density at radius 1 is 1.29 bits per heavy atom. The number of imide groups is 1. The van der Waals surface area contributed by atoms with Crippen LogP contribution in [-0.2, 0) is 0 Å². The minimum Gasteiger partial charge on any atom is -0.341 e. The summed E-state index contributed by atoms with van der Waals surface area (Å²) in [7, 11) is 0. The molecule has 0 bridgehead atoms. The average molecular weight is 284 g/mol. The van der Waals surface area contributed by atoms with Crippen LogP contribution >= 0.6 is 0 Å². The molecule has 108 valence electrons. The molecule has 0 spiro atoms. The summed E-state index contributed by atoms with van der Waals surface area (Å²) in [6.07, 6.45) is 6.74. The van der Waals surface area contributed by atoms with Crippen molar-refractivity contribution in [2.24, 2.45) is 0 Å². The van der Waals surface area contributed by atoms with Crippen LogP contribution < -0.4 is 5.32 Å². The van der Waals surface area contributed by atoms with Gasteiger partial charge in [0.1, 0.15) is 0 Å². The normalized spacial score (nSPS) is 13.0. The highest BCUT2D eigenvalue weighted by atomic mass is 16.2. The molecule has 1 N–H and O–H groups in total. The molecule has 1 aromatic rings. The summed E-state index contributed by atoms with van der Waals surface area (Å²) in [6, 6.07) is 4.50. The Morgan fingerprint density at radius 3 is 2.67 bits per heavy atom. The summed E-state index contributed by atoms with van der Waals surface area (Å²) in [5.74, 6) is 1.32. The van der Waals surface area contributed by atoms with Gasteiger partial charge < -0.3 is 5.32 Å². The number of nitrogens with zero attached hydrogens (tertiary/aromatic N) is 1. The lowest BCUT2D eigenvalue weighted by molar-refractivity contribution is 0.0652. The van der Waals surface area contributed by atoms with Crippen molar-refractivity contribution in [3.63, 3.8) is 0 Å². The molecule has 21 heavy (non-hydrogen) atoms. The molecule has 0 saturated carbocycles. The van der Waals surface area contributed by atoms with Gasteiger partial charge in [-0.2, -0.15) is 0 Å². The highest BCUT2D eigenvalue weighted by Gasteiger charge is 2.35. The summed E-state index contributed by atoms with van der Waals surface area (Å²) in [4.78, 5) is 37.4. The van der Waals surface area contributed by atoms with Gasteiger partial charge in [-0.15, -0.1) is 6.42 Å². The molecule has 0 atom stereocenters. The SMILES string of the molecule is C#CCNC(=O)c1ccc2c(c1)C(=O)N(CCCC)C2=O. The van der Waals surface area contributed by atoms with Crippen molar-refractivity contribution in [3.05, 3.63) is 34.9 Å². The number of terminal acetylenes is 1. The molecule has 2 rings (SSSR count). The molecule has 0 aliphatic carbocycles.